The van der Waals surface area contributed by atoms with E-state index in [4.69, 9.17) is 28.4 Å². The van der Waals surface area contributed by atoms with Crippen LogP contribution in [-0.4, -0.2) is 290 Å². The Labute approximate surface area is 350 Å². The van der Waals surface area contributed by atoms with E-state index < -0.39 is 169 Å². The summed E-state index contributed by atoms with van der Waals surface area (Å²) < 4.78 is 32.6. The lowest BCUT2D eigenvalue weighted by atomic mass is 9.99. The van der Waals surface area contributed by atoms with E-state index in [9.17, 15) is 80.8 Å². The van der Waals surface area contributed by atoms with Crippen LogP contribution in [0.3, 0.4) is 0 Å². The Morgan fingerprint density at radius 2 is 0.852 bits per heavy atom. The third kappa shape index (κ3) is 15.1. The van der Waals surface area contributed by atoms with Gasteiger partial charge in [0.25, 0.3) is 0 Å². The van der Waals surface area contributed by atoms with E-state index in [-0.39, 0.29) is 39.3 Å². The molecule has 3 fully saturated rings. The number of aliphatic hydroxyl groups excluding tert-OH is 13. The maximum absolute atomic E-state index is 14.0. The van der Waals surface area contributed by atoms with Gasteiger partial charge in [-0.25, -0.2) is 0 Å². The van der Waals surface area contributed by atoms with Crippen LogP contribution in [-0.2, 0) is 42.8 Å². The first kappa shape index (κ1) is 53.0. The topological polar surface area (TPSA) is 391 Å². The number of amides is 3. The van der Waals surface area contributed by atoms with Crippen LogP contribution in [0.2, 0.25) is 0 Å². The van der Waals surface area contributed by atoms with Crippen molar-refractivity contribution in [1.29, 1.82) is 0 Å². The molecule has 0 saturated carbocycles. The Hall–Kier alpha value is -2.39. The molecule has 0 aromatic rings. The highest BCUT2D eigenvalue weighted by molar-refractivity contribution is 5.84. The second kappa shape index (κ2) is 26.4. The van der Waals surface area contributed by atoms with E-state index in [1.165, 1.54) is 4.90 Å². The zero-order valence-corrected chi connectivity index (χ0v) is 33.8. The van der Waals surface area contributed by atoms with Gasteiger partial charge < -0.3 is 110 Å². The fourth-order valence-corrected chi connectivity index (χ4v) is 6.57. The second-order valence-corrected chi connectivity index (χ2v) is 14.7. The number of carbonyl (C=O) groups is 3. The molecule has 3 aliphatic rings. The van der Waals surface area contributed by atoms with E-state index in [0.29, 0.717) is 6.42 Å². The van der Waals surface area contributed by atoms with Crippen molar-refractivity contribution in [1.82, 2.24) is 20.0 Å². The molecule has 3 saturated heterocycles. The number of aliphatic hydroxyl groups is 13. The minimum atomic E-state index is -1.76. The van der Waals surface area contributed by atoms with Crippen molar-refractivity contribution in [3.8, 4) is 0 Å². The van der Waals surface area contributed by atoms with Gasteiger partial charge in [0, 0.05) is 32.7 Å². The van der Waals surface area contributed by atoms with Gasteiger partial charge in [-0.3, -0.25) is 19.3 Å². The molecule has 0 spiro atoms. The molecule has 0 bridgehead atoms. The molecule has 14 N–H and O–H groups in total. The monoisotopic (exact) mass is 892 g/mol. The molecule has 3 heterocycles. The van der Waals surface area contributed by atoms with Gasteiger partial charge in [-0.15, -0.1) is 0 Å². The number of nitrogens with one attached hydrogen (secondary N) is 1. The second-order valence-electron chi connectivity index (χ2n) is 14.7. The Bertz CT molecular complexity index is 1260. The van der Waals surface area contributed by atoms with Crippen LogP contribution < -0.4 is 5.32 Å². The van der Waals surface area contributed by atoms with Crippen molar-refractivity contribution in [3.05, 3.63) is 0 Å². The van der Waals surface area contributed by atoms with E-state index >= 15 is 0 Å². The van der Waals surface area contributed by atoms with Gasteiger partial charge in [0.2, 0.25) is 17.7 Å². The van der Waals surface area contributed by atoms with Gasteiger partial charge in [-0.05, 0) is 6.42 Å². The highest BCUT2D eigenvalue weighted by atomic mass is 16.7. The number of rotatable bonds is 25. The van der Waals surface area contributed by atoms with E-state index in [1.807, 2.05) is 0 Å². The molecule has 26 nitrogen and oxygen atoms in total. The van der Waals surface area contributed by atoms with Crippen LogP contribution in [0.25, 0.3) is 0 Å². The Balaban J connectivity index is 1.75. The number of carbonyl (C=O) groups excluding carboxylic acids is 3. The third-order valence-corrected chi connectivity index (χ3v) is 10.2. The van der Waals surface area contributed by atoms with Crippen molar-refractivity contribution in [2.75, 3.05) is 98.6 Å². The zero-order chi connectivity index (χ0) is 45.4. The normalized spacial score (nSPS) is 34.3. The average Bonchev–Trinajstić information content (AvgIpc) is 3.24. The first-order valence-corrected chi connectivity index (χ1v) is 19.9. The molecule has 61 heavy (non-hydrogen) atoms. The van der Waals surface area contributed by atoms with Gasteiger partial charge in [0.05, 0.1) is 65.9 Å². The van der Waals surface area contributed by atoms with Gasteiger partial charge >= 0.3 is 0 Å². The molecular formula is C35H64N4O22. The summed E-state index contributed by atoms with van der Waals surface area (Å²) in [6.07, 6.45) is -23.3. The summed E-state index contributed by atoms with van der Waals surface area (Å²) in [6, 6.07) is 0. The number of ether oxygens (including phenoxy) is 6. The molecule has 0 aliphatic carbocycles. The quantitative estimate of drug-likeness (QED) is 0.0405. The maximum Gasteiger partial charge on any atom is 0.236 e. The smallest absolute Gasteiger partial charge is 0.236 e. The number of nitrogens with zero attached hydrogens (tertiary/aromatic N) is 3. The Morgan fingerprint density at radius 3 is 1.16 bits per heavy atom. The van der Waals surface area contributed by atoms with E-state index in [1.54, 1.807) is 6.92 Å². The number of hydrogen-bond acceptors (Lipinski definition) is 23. The fourth-order valence-electron chi connectivity index (χ4n) is 6.57. The van der Waals surface area contributed by atoms with E-state index in [0.717, 1.165) is 9.80 Å². The molecule has 26 heteroatoms. The largest absolute Gasteiger partial charge is 0.395 e. The van der Waals surface area contributed by atoms with Gasteiger partial charge in [-0.2, -0.15) is 0 Å². The number of hydrogen-bond donors (Lipinski definition) is 14. The first-order valence-electron chi connectivity index (χ1n) is 19.9. The molecular weight excluding hydrogens is 828 g/mol. The van der Waals surface area contributed by atoms with E-state index in [2.05, 4.69) is 5.32 Å². The van der Waals surface area contributed by atoms with Crippen LogP contribution in [0, 0.1) is 0 Å². The molecule has 15 atom stereocenters. The SMILES string of the molecule is CCCNC(=O)CN(CC(=O)N(CCO)CCO[C@H]1OC(CO)[C@@H](O)C(O)C1O)CC(=O)N(CCO[C@H]1OC(CO)[C@@H](O)C(O)C1O)CCO[C@H]1OC(CO)[C@@H](O)C(O)C1O. The van der Waals surface area contributed by atoms with Crippen molar-refractivity contribution >= 4 is 17.7 Å². The molecule has 356 valence electrons. The fraction of sp³-hybridized carbons (Fsp3) is 0.914. The molecule has 0 aromatic heterocycles. The molecule has 3 rings (SSSR count). The highest BCUT2D eigenvalue weighted by Gasteiger charge is 2.46. The summed E-state index contributed by atoms with van der Waals surface area (Å²) in [5, 5.41) is 133. The van der Waals surface area contributed by atoms with Crippen LogP contribution >= 0.6 is 0 Å². The lowest BCUT2D eigenvalue weighted by molar-refractivity contribution is -0.303. The van der Waals surface area contributed by atoms with Crippen molar-refractivity contribution in [2.45, 2.75) is 105 Å². The van der Waals surface area contributed by atoms with Crippen LogP contribution in [0.4, 0.5) is 0 Å². The molecule has 0 radical (unpaired) electrons. The summed E-state index contributed by atoms with van der Waals surface area (Å²) in [6.45, 7) is -4.44. The zero-order valence-electron chi connectivity index (χ0n) is 33.8. The van der Waals surface area contributed by atoms with Crippen LogP contribution in [0.5, 0.6) is 0 Å². The van der Waals surface area contributed by atoms with Crippen LogP contribution in [0.1, 0.15) is 13.3 Å². The predicted molar refractivity (Wildman–Crippen MR) is 199 cm³/mol. The minimum absolute atomic E-state index is 0.227. The van der Waals surface area contributed by atoms with Crippen molar-refractivity contribution in [2.24, 2.45) is 0 Å². The Morgan fingerprint density at radius 1 is 0.508 bits per heavy atom. The summed E-state index contributed by atoms with van der Waals surface area (Å²) in [5.74, 6) is -1.97. The Kier molecular flexibility index (Phi) is 22.9. The van der Waals surface area contributed by atoms with Crippen molar-refractivity contribution < 1.29 is 109 Å². The van der Waals surface area contributed by atoms with Gasteiger partial charge in [-0.1, -0.05) is 6.92 Å². The average molecular weight is 893 g/mol. The summed E-state index contributed by atoms with van der Waals surface area (Å²) in [7, 11) is 0. The standard InChI is InChI=1S/C35H64N4O22/c1-2-3-36-21(44)12-37(13-22(45)38(4-8-40)5-9-56-33-30(53)27(50)24(47)18(15-41)59-33)14-23(46)39(6-10-57-34-31(54)28(51)25(48)19(16-42)60-34)7-11-58-35-32(55)29(52)26(49)20(17-43)61-35/h18-20,24-35,40-43,47-55H,2-17H2,1H3,(H,36,44)/t18?,19?,20?,24-,25-,26-,27?,28?,29?,30?,31?,32?,33+,34+,35+/m1/s1. The van der Waals surface area contributed by atoms with Crippen LogP contribution in [0.15, 0.2) is 0 Å². The third-order valence-electron chi connectivity index (χ3n) is 10.2. The molecule has 3 amide bonds. The van der Waals surface area contributed by atoms with Crippen molar-refractivity contribution in [3.63, 3.8) is 0 Å². The summed E-state index contributed by atoms with van der Waals surface area (Å²) in [4.78, 5) is 44.0. The molecule has 3 aliphatic heterocycles. The molecule has 9 unspecified atom stereocenters. The van der Waals surface area contributed by atoms with Gasteiger partial charge in [0.15, 0.2) is 18.9 Å². The lowest BCUT2D eigenvalue weighted by Crippen LogP contribution is -2.59. The minimum Gasteiger partial charge on any atom is -0.395 e. The summed E-state index contributed by atoms with van der Waals surface area (Å²) in [5.41, 5.74) is 0. The lowest BCUT2D eigenvalue weighted by Gasteiger charge is -2.40. The summed E-state index contributed by atoms with van der Waals surface area (Å²) >= 11 is 0. The predicted octanol–water partition coefficient (Wildman–Crippen LogP) is -10.1. The highest BCUT2D eigenvalue weighted by Crippen LogP contribution is 2.24. The maximum atomic E-state index is 14.0. The molecule has 0 aromatic carbocycles. The first-order chi connectivity index (χ1) is 29.0. The van der Waals surface area contributed by atoms with Gasteiger partial charge in [0.1, 0.15) is 73.2 Å².